The van der Waals surface area contributed by atoms with Crippen LogP contribution in [0.3, 0.4) is 0 Å². The van der Waals surface area contributed by atoms with E-state index in [9.17, 15) is 0 Å². The third kappa shape index (κ3) is 2.85. The summed E-state index contributed by atoms with van der Waals surface area (Å²) in [4.78, 5) is 9.91. The summed E-state index contributed by atoms with van der Waals surface area (Å²) in [5.74, 6) is 0.641. The summed E-state index contributed by atoms with van der Waals surface area (Å²) in [6.45, 7) is 0. The zero-order chi connectivity index (χ0) is 13.9. The van der Waals surface area contributed by atoms with Gasteiger partial charge in [0.2, 0.25) is 0 Å². The summed E-state index contributed by atoms with van der Waals surface area (Å²) >= 11 is 14.2. The smallest absolute Gasteiger partial charge is 0.142 e. The normalized spacial score (nSPS) is 10.7. The van der Waals surface area contributed by atoms with Gasteiger partial charge in [0.25, 0.3) is 0 Å². The first-order chi connectivity index (χ1) is 9.74. The maximum atomic E-state index is 6.28. The highest BCUT2D eigenvalue weighted by atomic mass is 35.5. The molecule has 2 aromatic heterocycles. The van der Waals surface area contributed by atoms with Crippen LogP contribution >= 0.6 is 34.5 Å². The van der Waals surface area contributed by atoms with E-state index in [4.69, 9.17) is 23.2 Å². The van der Waals surface area contributed by atoms with Crippen molar-refractivity contribution in [3.63, 3.8) is 0 Å². The third-order valence-corrected chi connectivity index (χ3v) is 4.27. The molecule has 0 aliphatic carbocycles. The number of benzene rings is 1. The number of rotatable bonds is 3. The van der Waals surface area contributed by atoms with Gasteiger partial charge in [-0.25, -0.2) is 9.97 Å². The molecule has 3 aromatic rings. The first-order valence-electron chi connectivity index (χ1n) is 6.04. The number of hydrogen-bond donors (Lipinski definition) is 0. The minimum absolute atomic E-state index is 0.391. The van der Waals surface area contributed by atoms with E-state index >= 15 is 0 Å². The van der Waals surface area contributed by atoms with E-state index in [-0.39, 0.29) is 0 Å². The Balaban J connectivity index is 1.99. The van der Waals surface area contributed by atoms with Crippen LogP contribution in [0.5, 0.6) is 0 Å². The summed E-state index contributed by atoms with van der Waals surface area (Å²) in [5, 5.41) is 2.81. The van der Waals surface area contributed by atoms with E-state index in [0.29, 0.717) is 28.1 Å². The fourth-order valence-corrected chi connectivity index (χ4v) is 3.28. The van der Waals surface area contributed by atoms with Crippen LogP contribution in [0, 0.1) is 0 Å². The van der Waals surface area contributed by atoms with Crippen LogP contribution in [0.4, 0.5) is 0 Å². The highest BCUT2D eigenvalue weighted by Gasteiger charge is 2.13. The fourth-order valence-electron chi connectivity index (χ4n) is 1.94. The molecule has 0 aliphatic rings. The summed E-state index contributed by atoms with van der Waals surface area (Å²) in [7, 11) is 0. The molecule has 0 radical (unpaired) electrons. The van der Waals surface area contributed by atoms with Crippen molar-refractivity contribution in [2.45, 2.75) is 6.42 Å². The van der Waals surface area contributed by atoms with E-state index < -0.39 is 0 Å². The van der Waals surface area contributed by atoms with E-state index in [1.54, 1.807) is 11.3 Å². The lowest BCUT2D eigenvalue weighted by molar-refractivity contribution is 0.983. The van der Waals surface area contributed by atoms with Gasteiger partial charge in [-0.3, -0.25) is 0 Å². The van der Waals surface area contributed by atoms with Gasteiger partial charge in [0.05, 0.1) is 5.56 Å². The number of thiophene rings is 1. The molecular formula is C15H10Cl2N2S. The second kappa shape index (κ2) is 5.92. The first kappa shape index (κ1) is 13.6. The molecule has 100 valence electrons. The molecule has 0 atom stereocenters. The number of halogens is 2. The third-order valence-electron chi connectivity index (χ3n) is 2.84. The molecule has 0 saturated carbocycles. The Bertz CT molecular complexity index is 689. The van der Waals surface area contributed by atoms with E-state index in [1.165, 1.54) is 4.88 Å². The van der Waals surface area contributed by atoms with Crippen molar-refractivity contribution in [2.24, 2.45) is 0 Å². The van der Waals surface area contributed by atoms with Gasteiger partial charge in [-0.2, -0.15) is 0 Å². The molecule has 3 rings (SSSR count). The van der Waals surface area contributed by atoms with Crippen LogP contribution in [0.1, 0.15) is 10.7 Å². The van der Waals surface area contributed by atoms with Crippen molar-refractivity contribution in [3.05, 3.63) is 68.9 Å². The zero-order valence-electron chi connectivity index (χ0n) is 10.4. The molecule has 0 aliphatic heterocycles. The summed E-state index contributed by atoms with van der Waals surface area (Å²) < 4.78 is 0. The maximum absolute atomic E-state index is 6.28. The standard InChI is InChI=1S/C15H10Cl2N2S/c16-14-13(10-5-2-1-3-6-10)15(17)19-12(18-14)9-11-7-4-8-20-11/h1-8H,9H2. The molecule has 0 fully saturated rings. The largest absolute Gasteiger partial charge is 0.220 e. The lowest BCUT2D eigenvalue weighted by atomic mass is 10.1. The molecule has 1 aromatic carbocycles. The molecule has 2 heterocycles. The Kier molecular flexibility index (Phi) is 4.01. The van der Waals surface area contributed by atoms with Gasteiger partial charge >= 0.3 is 0 Å². The lowest BCUT2D eigenvalue weighted by Gasteiger charge is -2.08. The lowest BCUT2D eigenvalue weighted by Crippen LogP contribution is -1.98. The minimum atomic E-state index is 0.391. The topological polar surface area (TPSA) is 25.8 Å². The molecule has 5 heteroatoms. The van der Waals surface area contributed by atoms with Crippen LogP contribution in [-0.2, 0) is 6.42 Å². The quantitative estimate of drug-likeness (QED) is 0.627. The van der Waals surface area contributed by atoms with Crippen molar-refractivity contribution in [1.82, 2.24) is 9.97 Å². The molecule has 20 heavy (non-hydrogen) atoms. The molecular weight excluding hydrogens is 311 g/mol. The first-order valence-corrected chi connectivity index (χ1v) is 7.67. The fraction of sp³-hybridized carbons (Fsp3) is 0.0667. The zero-order valence-corrected chi connectivity index (χ0v) is 12.7. The predicted octanol–water partition coefficient (Wildman–Crippen LogP) is 5.10. The van der Waals surface area contributed by atoms with Crippen LogP contribution in [0.25, 0.3) is 11.1 Å². The second-order valence-corrected chi connectivity index (χ2v) is 5.97. The van der Waals surface area contributed by atoms with Crippen molar-refractivity contribution in [1.29, 1.82) is 0 Å². The Labute approximate surface area is 131 Å². The minimum Gasteiger partial charge on any atom is -0.220 e. The molecule has 0 bridgehead atoms. The van der Waals surface area contributed by atoms with Crippen LogP contribution in [-0.4, -0.2) is 9.97 Å². The Morgan fingerprint density at radius 2 is 1.60 bits per heavy atom. The van der Waals surface area contributed by atoms with Gasteiger partial charge in [0.1, 0.15) is 16.1 Å². The predicted molar refractivity (Wildman–Crippen MR) is 84.6 cm³/mol. The van der Waals surface area contributed by atoms with Crippen LogP contribution in [0.2, 0.25) is 10.3 Å². The maximum Gasteiger partial charge on any atom is 0.142 e. The molecule has 0 N–H and O–H groups in total. The van der Waals surface area contributed by atoms with Gasteiger partial charge in [-0.15, -0.1) is 11.3 Å². The Morgan fingerprint density at radius 1 is 0.900 bits per heavy atom. The van der Waals surface area contributed by atoms with E-state index in [0.717, 1.165) is 5.56 Å². The summed E-state index contributed by atoms with van der Waals surface area (Å²) in [6.07, 6.45) is 0.645. The van der Waals surface area contributed by atoms with Crippen LogP contribution in [0.15, 0.2) is 47.8 Å². The molecule has 0 saturated heterocycles. The highest BCUT2D eigenvalue weighted by molar-refractivity contribution is 7.09. The number of hydrogen-bond acceptors (Lipinski definition) is 3. The van der Waals surface area contributed by atoms with Crippen molar-refractivity contribution in [2.75, 3.05) is 0 Å². The van der Waals surface area contributed by atoms with Crippen molar-refractivity contribution in [3.8, 4) is 11.1 Å². The van der Waals surface area contributed by atoms with E-state index in [1.807, 2.05) is 47.8 Å². The molecule has 0 spiro atoms. The second-order valence-electron chi connectivity index (χ2n) is 4.22. The average molecular weight is 321 g/mol. The highest BCUT2D eigenvalue weighted by Crippen LogP contribution is 2.32. The number of nitrogens with zero attached hydrogens (tertiary/aromatic N) is 2. The Hall–Kier alpha value is -1.42. The van der Waals surface area contributed by atoms with Crippen LogP contribution < -0.4 is 0 Å². The van der Waals surface area contributed by atoms with Gasteiger partial charge < -0.3 is 0 Å². The SMILES string of the molecule is Clc1nc(Cc2cccs2)nc(Cl)c1-c1ccccc1. The number of aromatic nitrogens is 2. The molecule has 0 unspecified atom stereocenters. The van der Waals surface area contributed by atoms with Crippen molar-refractivity contribution >= 4 is 34.5 Å². The average Bonchev–Trinajstić information content (AvgIpc) is 2.92. The molecule has 2 nitrogen and oxygen atoms in total. The summed E-state index contributed by atoms with van der Waals surface area (Å²) in [6, 6.07) is 13.7. The monoisotopic (exact) mass is 320 g/mol. The molecule has 0 amide bonds. The van der Waals surface area contributed by atoms with E-state index in [2.05, 4.69) is 9.97 Å². The van der Waals surface area contributed by atoms with Gasteiger partial charge in [0.15, 0.2) is 0 Å². The van der Waals surface area contributed by atoms with Gasteiger partial charge in [-0.1, -0.05) is 59.6 Å². The van der Waals surface area contributed by atoms with Gasteiger partial charge in [-0.05, 0) is 17.0 Å². The van der Waals surface area contributed by atoms with Gasteiger partial charge in [0, 0.05) is 11.3 Å². The van der Waals surface area contributed by atoms with Crippen molar-refractivity contribution < 1.29 is 0 Å². The summed E-state index contributed by atoms with van der Waals surface area (Å²) in [5.41, 5.74) is 1.61. The Morgan fingerprint density at radius 3 is 2.20 bits per heavy atom.